The Morgan fingerprint density at radius 2 is 1.80 bits per heavy atom. The van der Waals surface area contributed by atoms with Gasteiger partial charge in [0.05, 0.1) is 0 Å². The van der Waals surface area contributed by atoms with Crippen LogP contribution < -0.4 is 10.9 Å². The minimum atomic E-state index is 0.494. The molecule has 60 valence electrons. The minimum absolute atomic E-state index is 0.494. The summed E-state index contributed by atoms with van der Waals surface area (Å²) in [4.78, 5) is 0. The summed E-state index contributed by atoms with van der Waals surface area (Å²) in [6.45, 7) is 9.13. The molecule has 0 aromatic heterocycles. The molecular weight excluding hydrogens is 124 g/mol. The fourth-order valence-electron chi connectivity index (χ4n) is 1.74. The quantitative estimate of drug-likeness (QED) is 0.604. The van der Waals surface area contributed by atoms with E-state index in [-0.39, 0.29) is 0 Å². The summed E-state index contributed by atoms with van der Waals surface area (Å²) in [6.07, 6.45) is 1.31. The van der Waals surface area contributed by atoms with E-state index in [1.807, 2.05) is 0 Å². The number of hydrogen-bond donors (Lipinski definition) is 2. The van der Waals surface area contributed by atoms with Gasteiger partial charge >= 0.3 is 0 Å². The van der Waals surface area contributed by atoms with Gasteiger partial charge in [0, 0.05) is 13.1 Å². The van der Waals surface area contributed by atoms with Crippen LogP contribution in [0.5, 0.6) is 0 Å². The van der Waals surface area contributed by atoms with Crippen molar-refractivity contribution in [2.75, 3.05) is 13.1 Å². The molecule has 1 heterocycles. The summed E-state index contributed by atoms with van der Waals surface area (Å²) >= 11 is 0. The maximum absolute atomic E-state index is 3.17. The predicted octanol–water partition coefficient (Wildman–Crippen LogP) is 1.15. The molecule has 1 aliphatic heterocycles. The van der Waals surface area contributed by atoms with E-state index in [1.54, 1.807) is 0 Å². The Bertz CT molecular complexity index is 104. The molecule has 2 heteroatoms. The molecule has 0 spiro atoms. The molecule has 0 aromatic rings. The van der Waals surface area contributed by atoms with Gasteiger partial charge < -0.3 is 0 Å². The Labute approximate surface area is 63.4 Å². The molecule has 0 radical (unpaired) electrons. The first-order chi connectivity index (χ1) is 4.62. The molecule has 0 bridgehead atoms. The molecule has 0 aromatic carbocycles. The van der Waals surface area contributed by atoms with Crippen molar-refractivity contribution in [3.63, 3.8) is 0 Å². The zero-order valence-corrected chi connectivity index (χ0v) is 7.20. The van der Waals surface area contributed by atoms with Gasteiger partial charge in [0.15, 0.2) is 0 Å². The molecule has 1 saturated heterocycles. The zero-order valence-electron chi connectivity index (χ0n) is 7.20. The van der Waals surface area contributed by atoms with Crippen molar-refractivity contribution in [1.82, 2.24) is 10.9 Å². The predicted molar refractivity (Wildman–Crippen MR) is 43.6 cm³/mol. The van der Waals surface area contributed by atoms with Crippen LogP contribution in [0.2, 0.25) is 0 Å². The van der Waals surface area contributed by atoms with E-state index in [4.69, 9.17) is 0 Å². The Hall–Kier alpha value is -0.0800. The second-order valence-electron chi connectivity index (χ2n) is 4.12. The van der Waals surface area contributed by atoms with Crippen LogP contribution >= 0.6 is 0 Å². The summed E-state index contributed by atoms with van der Waals surface area (Å²) in [6, 6.07) is 0. The summed E-state index contributed by atoms with van der Waals surface area (Å²) in [5.74, 6) is 0.812. The van der Waals surface area contributed by atoms with Crippen molar-refractivity contribution in [2.24, 2.45) is 11.3 Å². The topological polar surface area (TPSA) is 24.1 Å². The fourth-order valence-corrected chi connectivity index (χ4v) is 1.74. The molecule has 2 N–H and O–H groups in total. The first kappa shape index (κ1) is 8.02. The van der Waals surface area contributed by atoms with E-state index >= 15 is 0 Å². The Balaban J connectivity index is 2.36. The molecule has 0 amide bonds. The monoisotopic (exact) mass is 142 g/mol. The molecule has 0 atom stereocenters. The van der Waals surface area contributed by atoms with Crippen molar-refractivity contribution in [3.8, 4) is 0 Å². The SMILES string of the molecule is CC(C)CC1(C)CNNC1. The summed E-state index contributed by atoms with van der Waals surface area (Å²) in [5.41, 5.74) is 6.83. The lowest BCUT2D eigenvalue weighted by Gasteiger charge is -2.23. The highest BCUT2D eigenvalue weighted by Gasteiger charge is 2.28. The van der Waals surface area contributed by atoms with E-state index < -0.39 is 0 Å². The third-order valence-electron chi connectivity index (χ3n) is 2.06. The van der Waals surface area contributed by atoms with Gasteiger partial charge in [-0.1, -0.05) is 20.8 Å². The van der Waals surface area contributed by atoms with Crippen LogP contribution in [0.4, 0.5) is 0 Å². The number of hydrazine groups is 1. The molecule has 0 saturated carbocycles. The molecule has 1 rings (SSSR count). The Morgan fingerprint density at radius 1 is 1.30 bits per heavy atom. The molecule has 2 nitrogen and oxygen atoms in total. The van der Waals surface area contributed by atoms with E-state index in [0.29, 0.717) is 5.41 Å². The number of nitrogens with one attached hydrogen (secondary N) is 2. The van der Waals surface area contributed by atoms with Gasteiger partial charge in [0.25, 0.3) is 0 Å². The van der Waals surface area contributed by atoms with Gasteiger partial charge in [0.1, 0.15) is 0 Å². The van der Waals surface area contributed by atoms with Crippen LogP contribution in [-0.2, 0) is 0 Å². The molecular formula is C8H18N2. The highest BCUT2D eigenvalue weighted by molar-refractivity contribution is 4.83. The van der Waals surface area contributed by atoms with E-state index in [0.717, 1.165) is 19.0 Å². The van der Waals surface area contributed by atoms with E-state index in [1.165, 1.54) is 6.42 Å². The molecule has 1 fully saturated rings. The highest BCUT2D eigenvalue weighted by atomic mass is 15.4. The maximum atomic E-state index is 3.17. The number of rotatable bonds is 2. The van der Waals surface area contributed by atoms with Crippen LogP contribution in [-0.4, -0.2) is 13.1 Å². The second kappa shape index (κ2) is 2.89. The third kappa shape index (κ3) is 1.96. The Morgan fingerprint density at radius 3 is 2.20 bits per heavy atom. The van der Waals surface area contributed by atoms with Crippen LogP contribution in [0.25, 0.3) is 0 Å². The van der Waals surface area contributed by atoms with Gasteiger partial charge in [0.2, 0.25) is 0 Å². The van der Waals surface area contributed by atoms with Crippen molar-refractivity contribution < 1.29 is 0 Å². The fraction of sp³-hybridized carbons (Fsp3) is 1.00. The van der Waals surface area contributed by atoms with Crippen molar-refractivity contribution >= 4 is 0 Å². The lowest BCUT2D eigenvalue weighted by molar-refractivity contribution is 0.304. The molecule has 0 unspecified atom stereocenters. The average Bonchev–Trinajstić information content (AvgIpc) is 2.12. The van der Waals surface area contributed by atoms with Gasteiger partial charge in [-0.3, -0.25) is 10.9 Å². The first-order valence-corrected chi connectivity index (χ1v) is 4.08. The zero-order chi connectivity index (χ0) is 7.61. The molecule has 0 aliphatic carbocycles. The van der Waals surface area contributed by atoms with Gasteiger partial charge in [-0.25, -0.2) is 0 Å². The summed E-state index contributed by atoms with van der Waals surface area (Å²) in [5, 5.41) is 0. The normalized spacial score (nSPS) is 24.0. The second-order valence-corrected chi connectivity index (χ2v) is 4.12. The lowest BCUT2D eigenvalue weighted by atomic mass is 9.83. The first-order valence-electron chi connectivity index (χ1n) is 4.08. The molecule has 10 heavy (non-hydrogen) atoms. The van der Waals surface area contributed by atoms with Gasteiger partial charge in [-0.2, -0.15) is 0 Å². The summed E-state index contributed by atoms with van der Waals surface area (Å²) in [7, 11) is 0. The molecule has 1 aliphatic rings. The van der Waals surface area contributed by atoms with Crippen LogP contribution in [0.15, 0.2) is 0 Å². The highest BCUT2D eigenvalue weighted by Crippen LogP contribution is 2.26. The van der Waals surface area contributed by atoms with Crippen molar-refractivity contribution in [1.29, 1.82) is 0 Å². The maximum Gasteiger partial charge on any atom is 0.0167 e. The van der Waals surface area contributed by atoms with Crippen LogP contribution in [0.3, 0.4) is 0 Å². The van der Waals surface area contributed by atoms with Gasteiger partial charge in [-0.15, -0.1) is 0 Å². The number of hydrogen-bond acceptors (Lipinski definition) is 2. The minimum Gasteiger partial charge on any atom is -0.257 e. The Kier molecular flexibility index (Phi) is 2.32. The smallest absolute Gasteiger partial charge is 0.0167 e. The standard InChI is InChI=1S/C8H18N2/c1-7(2)4-8(3)5-9-10-6-8/h7,9-10H,4-6H2,1-3H3. The van der Waals surface area contributed by atoms with Crippen LogP contribution in [0, 0.1) is 11.3 Å². The average molecular weight is 142 g/mol. The van der Waals surface area contributed by atoms with E-state index in [9.17, 15) is 0 Å². The largest absolute Gasteiger partial charge is 0.257 e. The van der Waals surface area contributed by atoms with Crippen LogP contribution in [0.1, 0.15) is 27.2 Å². The third-order valence-corrected chi connectivity index (χ3v) is 2.06. The van der Waals surface area contributed by atoms with Crippen molar-refractivity contribution in [3.05, 3.63) is 0 Å². The van der Waals surface area contributed by atoms with Gasteiger partial charge in [-0.05, 0) is 17.8 Å². The lowest BCUT2D eigenvalue weighted by Crippen LogP contribution is -2.24. The van der Waals surface area contributed by atoms with Crippen molar-refractivity contribution in [2.45, 2.75) is 27.2 Å². The summed E-state index contributed by atoms with van der Waals surface area (Å²) < 4.78 is 0. The van der Waals surface area contributed by atoms with E-state index in [2.05, 4.69) is 31.6 Å².